The second-order valence-corrected chi connectivity index (χ2v) is 5.18. The number of ketones is 1. The molecule has 0 aromatic heterocycles. The molecule has 1 aliphatic carbocycles. The number of ether oxygens (including phenoxy) is 1. The molecule has 5 heteroatoms. The topological polar surface area (TPSA) is 81.4 Å². The number of hydrogen-bond acceptors (Lipinski definition) is 4. The molecule has 3 N–H and O–H groups in total. The third kappa shape index (κ3) is 4.35. The Labute approximate surface area is 118 Å². The minimum atomic E-state index is -0.200. The smallest absolute Gasteiger partial charge is 0.257 e. The fourth-order valence-corrected chi connectivity index (χ4v) is 1.93. The van der Waals surface area contributed by atoms with Crippen LogP contribution < -0.4 is 15.8 Å². The van der Waals surface area contributed by atoms with E-state index in [0.29, 0.717) is 23.8 Å². The normalized spacial score (nSPS) is 15.5. The quantitative estimate of drug-likeness (QED) is 0.731. The monoisotopic (exact) mass is 276 g/mol. The van der Waals surface area contributed by atoms with Crippen molar-refractivity contribution in [1.82, 2.24) is 5.32 Å². The average Bonchev–Trinajstić information content (AvgIpc) is 3.27. The molecule has 2 rings (SSSR count). The SMILES string of the molecule is CC(=O)c1cccc(OCC(=O)NCC(N)C2CC2)c1. The van der Waals surface area contributed by atoms with Gasteiger partial charge >= 0.3 is 0 Å². The van der Waals surface area contributed by atoms with Crippen LogP contribution in [-0.2, 0) is 4.79 Å². The first kappa shape index (κ1) is 14.5. The summed E-state index contributed by atoms with van der Waals surface area (Å²) < 4.78 is 5.36. The Morgan fingerprint density at radius 2 is 2.20 bits per heavy atom. The van der Waals surface area contributed by atoms with E-state index in [9.17, 15) is 9.59 Å². The van der Waals surface area contributed by atoms with Gasteiger partial charge < -0.3 is 15.8 Å². The van der Waals surface area contributed by atoms with E-state index < -0.39 is 0 Å². The van der Waals surface area contributed by atoms with E-state index in [1.807, 2.05) is 0 Å². The zero-order chi connectivity index (χ0) is 14.5. The van der Waals surface area contributed by atoms with Crippen LogP contribution in [0.1, 0.15) is 30.1 Å². The first-order valence-corrected chi connectivity index (χ1v) is 6.82. The van der Waals surface area contributed by atoms with Crippen molar-refractivity contribution in [3.63, 3.8) is 0 Å². The molecule has 1 aliphatic rings. The molecule has 1 fully saturated rings. The lowest BCUT2D eigenvalue weighted by Gasteiger charge is -2.12. The summed E-state index contributed by atoms with van der Waals surface area (Å²) in [6, 6.07) is 6.83. The van der Waals surface area contributed by atoms with Crippen LogP contribution in [0.25, 0.3) is 0 Å². The first-order chi connectivity index (χ1) is 9.56. The number of rotatable bonds is 7. The van der Waals surface area contributed by atoms with Crippen LogP contribution in [0.4, 0.5) is 0 Å². The largest absolute Gasteiger partial charge is 0.484 e. The van der Waals surface area contributed by atoms with E-state index in [0.717, 1.165) is 12.8 Å². The molecule has 1 atom stereocenters. The number of nitrogens with one attached hydrogen (secondary N) is 1. The van der Waals surface area contributed by atoms with Gasteiger partial charge in [0.15, 0.2) is 12.4 Å². The van der Waals surface area contributed by atoms with Gasteiger partial charge in [-0.1, -0.05) is 12.1 Å². The number of nitrogens with two attached hydrogens (primary N) is 1. The van der Waals surface area contributed by atoms with Crippen molar-refractivity contribution in [2.45, 2.75) is 25.8 Å². The molecule has 1 amide bonds. The second-order valence-electron chi connectivity index (χ2n) is 5.18. The number of amides is 1. The summed E-state index contributed by atoms with van der Waals surface area (Å²) in [5.74, 6) is 0.840. The van der Waals surface area contributed by atoms with Gasteiger partial charge in [-0.15, -0.1) is 0 Å². The Balaban J connectivity index is 1.74. The fourth-order valence-electron chi connectivity index (χ4n) is 1.93. The standard InChI is InChI=1S/C15H20N2O3/c1-10(18)12-3-2-4-13(7-12)20-9-15(19)17-8-14(16)11-5-6-11/h2-4,7,11,14H,5-6,8-9,16H2,1H3,(H,17,19). The summed E-state index contributed by atoms with van der Waals surface area (Å²) in [7, 11) is 0. The second kappa shape index (κ2) is 6.52. The van der Waals surface area contributed by atoms with Crippen molar-refractivity contribution in [3.8, 4) is 5.75 Å². The Morgan fingerprint density at radius 3 is 2.85 bits per heavy atom. The van der Waals surface area contributed by atoms with E-state index in [1.54, 1.807) is 24.3 Å². The lowest BCUT2D eigenvalue weighted by molar-refractivity contribution is -0.123. The molecule has 20 heavy (non-hydrogen) atoms. The molecule has 0 heterocycles. The molecule has 0 aliphatic heterocycles. The maximum absolute atomic E-state index is 11.6. The molecule has 0 bridgehead atoms. The Kier molecular flexibility index (Phi) is 4.74. The van der Waals surface area contributed by atoms with Crippen LogP contribution >= 0.6 is 0 Å². The molecular weight excluding hydrogens is 256 g/mol. The van der Waals surface area contributed by atoms with Crippen molar-refractivity contribution in [2.24, 2.45) is 11.7 Å². The van der Waals surface area contributed by atoms with E-state index in [2.05, 4.69) is 5.32 Å². The molecule has 0 saturated heterocycles. The maximum Gasteiger partial charge on any atom is 0.257 e. The Bertz CT molecular complexity index is 498. The van der Waals surface area contributed by atoms with Gasteiger partial charge in [0.2, 0.25) is 0 Å². The van der Waals surface area contributed by atoms with Crippen molar-refractivity contribution < 1.29 is 14.3 Å². The van der Waals surface area contributed by atoms with Crippen molar-refractivity contribution in [3.05, 3.63) is 29.8 Å². The van der Waals surface area contributed by atoms with Gasteiger partial charge in [0, 0.05) is 18.2 Å². The highest BCUT2D eigenvalue weighted by molar-refractivity contribution is 5.94. The minimum Gasteiger partial charge on any atom is -0.484 e. The minimum absolute atomic E-state index is 0.0321. The van der Waals surface area contributed by atoms with Gasteiger partial charge in [-0.05, 0) is 37.8 Å². The molecule has 0 spiro atoms. The Morgan fingerprint density at radius 1 is 1.45 bits per heavy atom. The van der Waals surface area contributed by atoms with Crippen LogP contribution in [0.3, 0.4) is 0 Å². The number of carbonyl (C=O) groups is 2. The highest BCUT2D eigenvalue weighted by Crippen LogP contribution is 2.31. The summed E-state index contributed by atoms with van der Waals surface area (Å²) >= 11 is 0. The molecular formula is C15H20N2O3. The summed E-state index contributed by atoms with van der Waals surface area (Å²) in [4.78, 5) is 22.9. The number of carbonyl (C=O) groups excluding carboxylic acids is 2. The molecule has 1 aromatic rings. The van der Waals surface area contributed by atoms with Gasteiger partial charge in [-0.2, -0.15) is 0 Å². The van der Waals surface area contributed by atoms with Crippen molar-refractivity contribution in [1.29, 1.82) is 0 Å². The lowest BCUT2D eigenvalue weighted by Crippen LogP contribution is -2.40. The molecule has 108 valence electrons. The van der Waals surface area contributed by atoms with Crippen LogP contribution in [0.15, 0.2) is 24.3 Å². The highest BCUT2D eigenvalue weighted by Gasteiger charge is 2.28. The van der Waals surface area contributed by atoms with Crippen LogP contribution in [-0.4, -0.2) is 30.9 Å². The average molecular weight is 276 g/mol. The van der Waals surface area contributed by atoms with Crippen LogP contribution in [0.5, 0.6) is 5.75 Å². The molecule has 1 aromatic carbocycles. The molecule has 0 radical (unpaired) electrons. The van der Waals surface area contributed by atoms with Gasteiger partial charge in [0.25, 0.3) is 5.91 Å². The van der Waals surface area contributed by atoms with Crippen LogP contribution in [0, 0.1) is 5.92 Å². The Hall–Kier alpha value is -1.88. The van der Waals surface area contributed by atoms with Gasteiger partial charge in [0.1, 0.15) is 5.75 Å². The van der Waals surface area contributed by atoms with E-state index in [1.165, 1.54) is 6.92 Å². The summed E-state index contributed by atoms with van der Waals surface area (Å²) in [5.41, 5.74) is 6.46. The van der Waals surface area contributed by atoms with E-state index in [4.69, 9.17) is 10.5 Å². The summed E-state index contributed by atoms with van der Waals surface area (Å²) in [6.07, 6.45) is 2.32. The first-order valence-electron chi connectivity index (χ1n) is 6.82. The predicted molar refractivity (Wildman–Crippen MR) is 75.7 cm³/mol. The van der Waals surface area contributed by atoms with Crippen molar-refractivity contribution >= 4 is 11.7 Å². The van der Waals surface area contributed by atoms with Gasteiger partial charge in [-0.25, -0.2) is 0 Å². The number of benzene rings is 1. The van der Waals surface area contributed by atoms with Crippen LogP contribution in [0.2, 0.25) is 0 Å². The lowest BCUT2D eigenvalue weighted by atomic mass is 10.1. The van der Waals surface area contributed by atoms with Crippen molar-refractivity contribution in [2.75, 3.05) is 13.2 Å². The van der Waals surface area contributed by atoms with Gasteiger partial charge in [0.05, 0.1) is 0 Å². The number of Topliss-reactive ketones (excluding diaryl/α,β-unsaturated/α-hetero) is 1. The molecule has 5 nitrogen and oxygen atoms in total. The van der Waals surface area contributed by atoms with E-state index in [-0.39, 0.29) is 24.3 Å². The predicted octanol–water partition coefficient (Wildman–Crippen LogP) is 1.12. The van der Waals surface area contributed by atoms with E-state index >= 15 is 0 Å². The molecule has 1 saturated carbocycles. The number of hydrogen-bond donors (Lipinski definition) is 2. The third-order valence-electron chi connectivity index (χ3n) is 3.37. The van der Waals surface area contributed by atoms with Gasteiger partial charge in [-0.3, -0.25) is 9.59 Å². The third-order valence-corrected chi connectivity index (χ3v) is 3.37. The fraction of sp³-hybridized carbons (Fsp3) is 0.467. The zero-order valence-electron chi connectivity index (χ0n) is 11.6. The molecule has 1 unspecified atom stereocenters. The summed E-state index contributed by atoms with van der Waals surface area (Å²) in [6.45, 7) is 1.91. The summed E-state index contributed by atoms with van der Waals surface area (Å²) in [5, 5.41) is 2.76. The maximum atomic E-state index is 11.6. The highest BCUT2D eigenvalue weighted by atomic mass is 16.5. The zero-order valence-corrected chi connectivity index (χ0v) is 11.6.